The molecule has 2 aromatic rings. The van der Waals surface area contributed by atoms with Crippen molar-refractivity contribution in [2.24, 2.45) is 0 Å². The van der Waals surface area contributed by atoms with Crippen LogP contribution in [0.1, 0.15) is 31.2 Å². The maximum atomic E-state index is 10.3. The Morgan fingerprint density at radius 1 is 1.28 bits per heavy atom. The highest BCUT2D eigenvalue weighted by Gasteiger charge is 2.44. The Kier molecular flexibility index (Phi) is 4.36. The summed E-state index contributed by atoms with van der Waals surface area (Å²) in [6.07, 6.45) is 3.40. The van der Waals surface area contributed by atoms with Gasteiger partial charge in [0.25, 0.3) is 0 Å². The number of fused-ring (bicyclic) bond motifs is 1. The van der Waals surface area contributed by atoms with Gasteiger partial charge in [-0.3, -0.25) is 4.90 Å². The van der Waals surface area contributed by atoms with Crippen molar-refractivity contribution in [3.05, 3.63) is 35.0 Å². The first-order valence-corrected chi connectivity index (χ1v) is 9.21. The molecule has 3 heterocycles. The van der Waals surface area contributed by atoms with Crippen molar-refractivity contribution in [2.75, 3.05) is 32.0 Å². The van der Waals surface area contributed by atoms with E-state index in [-0.39, 0.29) is 5.54 Å². The van der Waals surface area contributed by atoms with Crippen LogP contribution in [0.15, 0.2) is 24.4 Å². The van der Waals surface area contributed by atoms with Gasteiger partial charge in [0, 0.05) is 16.6 Å². The number of likely N-dealkylation sites (tertiary alicyclic amines) is 1. The third kappa shape index (κ3) is 2.99. The Balaban J connectivity index is 1.54. The van der Waals surface area contributed by atoms with Crippen LogP contribution in [-0.2, 0) is 4.74 Å². The molecule has 0 spiro atoms. The predicted octanol–water partition coefficient (Wildman–Crippen LogP) is 2.80. The van der Waals surface area contributed by atoms with E-state index in [2.05, 4.69) is 22.9 Å². The molecule has 2 aliphatic heterocycles. The zero-order chi connectivity index (χ0) is 17.6. The molecule has 1 aromatic carbocycles. The van der Waals surface area contributed by atoms with E-state index in [1.54, 1.807) is 6.20 Å². The van der Waals surface area contributed by atoms with E-state index in [4.69, 9.17) is 22.1 Å². The van der Waals surface area contributed by atoms with Crippen LogP contribution in [0.5, 0.6) is 0 Å². The predicted molar refractivity (Wildman–Crippen MR) is 99.9 cm³/mol. The summed E-state index contributed by atoms with van der Waals surface area (Å²) in [4.78, 5) is 6.51. The largest absolute Gasteiger partial charge is 0.389 e. The number of benzene rings is 1. The summed E-state index contributed by atoms with van der Waals surface area (Å²) >= 11 is 6.56. The number of halogens is 1. The van der Waals surface area contributed by atoms with Crippen molar-refractivity contribution < 1.29 is 9.84 Å². The highest BCUT2D eigenvalue weighted by atomic mass is 35.5. The van der Waals surface area contributed by atoms with Gasteiger partial charge in [-0.25, -0.2) is 4.98 Å². The SMILES string of the molecule is C[C@@]1(N2CCC(c3cc4cc(N)ncc4cc3Cl)CC2)COC[C@@H]1O. The second kappa shape index (κ2) is 6.40. The zero-order valence-electron chi connectivity index (χ0n) is 14.4. The van der Waals surface area contributed by atoms with Crippen LogP contribution < -0.4 is 5.73 Å². The number of nitrogen functional groups attached to an aromatic ring is 1. The Morgan fingerprint density at radius 2 is 2.04 bits per heavy atom. The molecule has 4 rings (SSSR count). The first-order chi connectivity index (χ1) is 12.0. The third-order valence-electron chi connectivity index (χ3n) is 5.90. The molecule has 134 valence electrons. The van der Waals surface area contributed by atoms with E-state index in [1.807, 2.05) is 12.1 Å². The van der Waals surface area contributed by atoms with Crippen molar-refractivity contribution in [3.8, 4) is 0 Å². The lowest BCUT2D eigenvalue weighted by atomic mass is 9.85. The van der Waals surface area contributed by atoms with Gasteiger partial charge in [-0.05, 0) is 67.9 Å². The van der Waals surface area contributed by atoms with E-state index >= 15 is 0 Å². The monoisotopic (exact) mass is 361 g/mol. The molecule has 6 heteroatoms. The topological polar surface area (TPSA) is 71.6 Å². The van der Waals surface area contributed by atoms with Crippen molar-refractivity contribution in [1.29, 1.82) is 0 Å². The molecule has 0 aliphatic carbocycles. The zero-order valence-corrected chi connectivity index (χ0v) is 15.2. The molecule has 2 aliphatic rings. The normalized spacial score (nSPS) is 28.7. The van der Waals surface area contributed by atoms with Crippen LogP contribution in [-0.4, -0.2) is 52.9 Å². The van der Waals surface area contributed by atoms with Gasteiger partial charge in [0.15, 0.2) is 0 Å². The highest BCUT2D eigenvalue weighted by Crippen LogP contribution is 2.38. The highest BCUT2D eigenvalue weighted by molar-refractivity contribution is 6.32. The summed E-state index contributed by atoms with van der Waals surface area (Å²) in [5.74, 6) is 0.948. The maximum absolute atomic E-state index is 10.3. The summed E-state index contributed by atoms with van der Waals surface area (Å²) in [6.45, 7) is 5.01. The number of aromatic nitrogens is 1. The molecular formula is C19H24ClN3O2. The van der Waals surface area contributed by atoms with E-state index < -0.39 is 6.10 Å². The molecule has 2 fully saturated rings. The Bertz CT molecular complexity index is 792. The molecule has 2 atom stereocenters. The number of aliphatic hydroxyl groups is 1. The summed E-state index contributed by atoms with van der Waals surface area (Å²) < 4.78 is 5.49. The molecule has 0 bridgehead atoms. The molecule has 5 nitrogen and oxygen atoms in total. The third-order valence-corrected chi connectivity index (χ3v) is 6.23. The van der Waals surface area contributed by atoms with Gasteiger partial charge in [-0.15, -0.1) is 0 Å². The van der Waals surface area contributed by atoms with Crippen LogP contribution >= 0.6 is 11.6 Å². The van der Waals surface area contributed by atoms with Gasteiger partial charge in [-0.1, -0.05) is 11.6 Å². The van der Waals surface area contributed by atoms with Gasteiger partial charge in [0.05, 0.1) is 24.9 Å². The Labute approximate surface area is 152 Å². The lowest BCUT2D eigenvalue weighted by molar-refractivity contribution is -0.00211. The summed E-state index contributed by atoms with van der Waals surface area (Å²) in [5, 5.41) is 13.2. The summed E-state index contributed by atoms with van der Waals surface area (Å²) in [5.41, 5.74) is 6.74. The van der Waals surface area contributed by atoms with E-state index in [9.17, 15) is 5.11 Å². The molecule has 2 saturated heterocycles. The number of rotatable bonds is 2. The van der Waals surface area contributed by atoms with Crippen LogP contribution in [0, 0.1) is 0 Å². The quantitative estimate of drug-likeness (QED) is 0.860. The summed E-state index contributed by atoms with van der Waals surface area (Å²) in [6, 6.07) is 6.05. The number of anilines is 1. The number of hydrogen-bond donors (Lipinski definition) is 2. The van der Waals surface area contributed by atoms with Crippen molar-refractivity contribution in [2.45, 2.75) is 37.3 Å². The number of pyridine rings is 1. The fourth-order valence-electron chi connectivity index (χ4n) is 4.17. The lowest BCUT2D eigenvalue weighted by Crippen LogP contribution is -2.56. The number of piperidine rings is 1. The fraction of sp³-hybridized carbons (Fsp3) is 0.526. The number of aliphatic hydroxyl groups excluding tert-OH is 1. The van der Waals surface area contributed by atoms with Crippen LogP contribution in [0.4, 0.5) is 5.82 Å². The van der Waals surface area contributed by atoms with Gasteiger partial charge in [0.2, 0.25) is 0 Å². The number of nitrogens with two attached hydrogens (primary N) is 1. The first-order valence-electron chi connectivity index (χ1n) is 8.83. The Morgan fingerprint density at radius 3 is 2.72 bits per heavy atom. The minimum Gasteiger partial charge on any atom is -0.389 e. The van der Waals surface area contributed by atoms with Gasteiger partial charge >= 0.3 is 0 Å². The van der Waals surface area contributed by atoms with Crippen molar-refractivity contribution in [1.82, 2.24) is 9.88 Å². The molecule has 3 N–H and O–H groups in total. The van der Waals surface area contributed by atoms with Gasteiger partial charge < -0.3 is 15.6 Å². The van der Waals surface area contributed by atoms with Crippen molar-refractivity contribution in [3.63, 3.8) is 0 Å². The average Bonchev–Trinajstić information content (AvgIpc) is 2.95. The van der Waals surface area contributed by atoms with Crippen LogP contribution in [0.25, 0.3) is 10.8 Å². The molecule has 0 radical (unpaired) electrons. The molecule has 0 saturated carbocycles. The molecular weight excluding hydrogens is 338 g/mol. The minimum absolute atomic E-state index is 0.266. The first kappa shape index (κ1) is 17.0. The number of hydrogen-bond acceptors (Lipinski definition) is 5. The fourth-order valence-corrected chi connectivity index (χ4v) is 4.50. The van der Waals surface area contributed by atoms with Crippen LogP contribution in [0.3, 0.4) is 0 Å². The smallest absolute Gasteiger partial charge is 0.123 e. The lowest BCUT2D eigenvalue weighted by Gasteiger charge is -2.43. The molecule has 0 amide bonds. The van der Waals surface area contributed by atoms with E-state index in [1.165, 1.54) is 5.56 Å². The Hall–Kier alpha value is -1.40. The minimum atomic E-state index is -0.413. The molecule has 0 unspecified atom stereocenters. The summed E-state index contributed by atoms with van der Waals surface area (Å²) in [7, 11) is 0. The second-order valence-electron chi connectivity index (χ2n) is 7.48. The van der Waals surface area contributed by atoms with Gasteiger partial charge in [0.1, 0.15) is 5.82 Å². The maximum Gasteiger partial charge on any atom is 0.123 e. The molecule has 25 heavy (non-hydrogen) atoms. The number of nitrogens with zero attached hydrogens (tertiary/aromatic N) is 2. The van der Waals surface area contributed by atoms with E-state index in [0.717, 1.165) is 41.7 Å². The second-order valence-corrected chi connectivity index (χ2v) is 7.89. The van der Waals surface area contributed by atoms with Crippen LogP contribution in [0.2, 0.25) is 5.02 Å². The standard InChI is InChI=1S/C19H24ClN3O2/c1-19(11-25-10-17(19)24)23-4-2-12(3-5-23)15-6-13-8-18(21)22-9-14(13)7-16(15)20/h6-9,12,17,24H,2-5,10-11H2,1H3,(H2,21,22)/t17-,19+/m0/s1. The molecule has 1 aromatic heterocycles. The average molecular weight is 362 g/mol. The van der Waals surface area contributed by atoms with E-state index in [0.29, 0.717) is 24.9 Å². The van der Waals surface area contributed by atoms with Gasteiger partial charge in [-0.2, -0.15) is 0 Å². The van der Waals surface area contributed by atoms with Crippen molar-refractivity contribution >= 4 is 28.2 Å². The number of ether oxygens (including phenoxy) is 1.